The molecule has 0 saturated carbocycles. The fourth-order valence-corrected chi connectivity index (χ4v) is 5.41. The minimum Gasteiger partial charge on any atom is -0.493 e. The smallest absolute Gasteiger partial charge is 0.254 e. The number of amides is 2. The van der Waals surface area contributed by atoms with Crippen LogP contribution in [0.15, 0.2) is 36.4 Å². The molecule has 1 saturated heterocycles. The number of morpholine rings is 1. The summed E-state index contributed by atoms with van der Waals surface area (Å²) in [6.45, 7) is 5.09. The molecule has 8 nitrogen and oxygen atoms in total. The topological polar surface area (TPSA) is 80.3 Å². The van der Waals surface area contributed by atoms with E-state index >= 15 is 0 Å². The van der Waals surface area contributed by atoms with Crippen molar-refractivity contribution < 1.29 is 23.8 Å². The van der Waals surface area contributed by atoms with Crippen molar-refractivity contribution in [3.8, 4) is 11.5 Å². The van der Waals surface area contributed by atoms with Gasteiger partial charge in [0.1, 0.15) is 0 Å². The van der Waals surface area contributed by atoms with Crippen LogP contribution < -0.4 is 14.8 Å². The summed E-state index contributed by atoms with van der Waals surface area (Å²) < 4.78 is 16.5. The molecule has 34 heavy (non-hydrogen) atoms. The summed E-state index contributed by atoms with van der Waals surface area (Å²) in [4.78, 5) is 31.3. The summed E-state index contributed by atoms with van der Waals surface area (Å²) >= 11 is 0. The van der Waals surface area contributed by atoms with Crippen molar-refractivity contribution in [2.75, 3.05) is 60.2 Å². The molecule has 1 fully saturated rings. The molecule has 2 atom stereocenters. The molecule has 0 aromatic heterocycles. The third kappa shape index (κ3) is 4.01. The van der Waals surface area contributed by atoms with E-state index in [9.17, 15) is 9.59 Å². The van der Waals surface area contributed by atoms with Crippen LogP contribution in [0.2, 0.25) is 0 Å². The Morgan fingerprint density at radius 1 is 1.06 bits per heavy atom. The monoisotopic (exact) mass is 465 g/mol. The second kappa shape index (κ2) is 9.64. The van der Waals surface area contributed by atoms with Gasteiger partial charge >= 0.3 is 0 Å². The zero-order valence-electron chi connectivity index (χ0n) is 19.7. The number of rotatable bonds is 6. The van der Waals surface area contributed by atoms with Crippen molar-refractivity contribution in [3.05, 3.63) is 58.7 Å². The molecule has 8 heteroatoms. The first-order chi connectivity index (χ1) is 16.6. The Morgan fingerprint density at radius 3 is 2.56 bits per heavy atom. The molecule has 3 aliphatic heterocycles. The maximum Gasteiger partial charge on any atom is 0.254 e. The SMILES string of the molecule is COc1cc2c(cc1OC)[C@@H]1[C@H](C(=O)NCCN3CCOCC3)c3ccccc3C(=O)N1CC2. The maximum atomic E-state index is 13.7. The number of nitrogens with zero attached hydrogens (tertiary/aromatic N) is 2. The Hall–Kier alpha value is -3.10. The van der Waals surface area contributed by atoms with Crippen LogP contribution in [0.5, 0.6) is 11.5 Å². The number of carbonyl (C=O) groups excluding carboxylic acids is 2. The van der Waals surface area contributed by atoms with Gasteiger partial charge in [0.25, 0.3) is 5.91 Å². The van der Waals surface area contributed by atoms with E-state index in [0.717, 1.165) is 49.5 Å². The number of hydrogen-bond donors (Lipinski definition) is 1. The highest BCUT2D eigenvalue weighted by Gasteiger charge is 2.46. The van der Waals surface area contributed by atoms with Crippen molar-refractivity contribution in [1.29, 1.82) is 0 Å². The molecule has 0 aliphatic carbocycles. The van der Waals surface area contributed by atoms with E-state index < -0.39 is 12.0 Å². The molecule has 0 unspecified atom stereocenters. The molecule has 180 valence electrons. The lowest BCUT2D eigenvalue weighted by molar-refractivity contribution is -0.124. The highest BCUT2D eigenvalue weighted by atomic mass is 16.5. The van der Waals surface area contributed by atoms with Crippen molar-refractivity contribution >= 4 is 11.8 Å². The molecule has 5 rings (SSSR count). The van der Waals surface area contributed by atoms with Gasteiger partial charge in [-0.05, 0) is 41.3 Å². The zero-order chi connectivity index (χ0) is 23.7. The second-order valence-corrected chi connectivity index (χ2v) is 8.91. The van der Waals surface area contributed by atoms with Gasteiger partial charge in [-0.3, -0.25) is 14.5 Å². The van der Waals surface area contributed by atoms with E-state index in [1.54, 1.807) is 14.2 Å². The number of benzene rings is 2. The minimum absolute atomic E-state index is 0.0293. The number of fused-ring (bicyclic) bond motifs is 4. The predicted octanol–water partition coefficient (Wildman–Crippen LogP) is 1.99. The van der Waals surface area contributed by atoms with Crippen molar-refractivity contribution in [1.82, 2.24) is 15.1 Å². The average Bonchev–Trinajstić information content (AvgIpc) is 2.88. The summed E-state index contributed by atoms with van der Waals surface area (Å²) in [5, 5.41) is 3.16. The normalized spacial score (nSPS) is 21.8. The maximum absolute atomic E-state index is 13.7. The Bertz CT molecular complexity index is 1080. The van der Waals surface area contributed by atoms with Crippen LogP contribution in [-0.2, 0) is 16.0 Å². The van der Waals surface area contributed by atoms with Crippen LogP contribution in [0.3, 0.4) is 0 Å². The number of carbonyl (C=O) groups is 2. The quantitative estimate of drug-likeness (QED) is 0.703. The van der Waals surface area contributed by atoms with E-state index in [4.69, 9.17) is 14.2 Å². The van der Waals surface area contributed by atoms with Gasteiger partial charge in [-0.1, -0.05) is 18.2 Å². The first-order valence-corrected chi connectivity index (χ1v) is 11.8. The molecule has 0 spiro atoms. The molecule has 1 N–H and O–H groups in total. The molecule has 2 amide bonds. The van der Waals surface area contributed by atoms with Gasteiger partial charge in [0.15, 0.2) is 11.5 Å². The Kier molecular flexibility index (Phi) is 6.43. The fraction of sp³-hybridized carbons (Fsp3) is 0.462. The van der Waals surface area contributed by atoms with Crippen LogP contribution in [0.25, 0.3) is 0 Å². The molecule has 3 heterocycles. The number of methoxy groups -OCH3 is 2. The Labute approximate surface area is 199 Å². The van der Waals surface area contributed by atoms with E-state index in [1.165, 1.54) is 0 Å². The third-order valence-corrected chi connectivity index (χ3v) is 7.14. The molecule has 3 aliphatic rings. The van der Waals surface area contributed by atoms with Crippen molar-refractivity contribution in [2.45, 2.75) is 18.4 Å². The number of nitrogens with one attached hydrogen (secondary N) is 1. The third-order valence-electron chi connectivity index (χ3n) is 7.14. The van der Waals surface area contributed by atoms with Crippen LogP contribution >= 0.6 is 0 Å². The lowest BCUT2D eigenvalue weighted by Gasteiger charge is -2.45. The van der Waals surface area contributed by atoms with Gasteiger partial charge in [0.05, 0.1) is 39.4 Å². The van der Waals surface area contributed by atoms with Crippen molar-refractivity contribution in [3.63, 3.8) is 0 Å². The van der Waals surface area contributed by atoms with Crippen LogP contribution in [0, 0.1) is 0 Å². The Balaban J connectivity index is 1.49. The highest BCUT2D eigenvalue weighted by molar-refractivity contribution is 6.01. The van der Waals surface area contributed by atoms with E-state index in [2.05, 4.69) is 10.2 Å². The first kappa shape index (κ1) is 22.7. The first-order valence-electron chi connectivity index (χ1n) is 11.8. The van der Waals surface area contributed by atoms with Crippen molar-refractivity contribution in [2.24, 2.45) is 0 Å². The van der Waals surface area contributed by atoms with Gasteiger partial charge in [-0.25, -0.2) is 0 Å². The standard InChI is InChI=1S/C26H31N3O5/c1-32-21-15-17-7-9-29-24(20(17)16-22(21)33-2)23(18-5-3-4-6-19(18)26(29)31)25(30)27-8-10-28-11-13-34-14-12-28/h3-6,15-16,23-24H,7-14H2,1-2H3,(H,27,30)/t23-,24-/m1/s1. The number of ether oxygens (including phenoxy) is 3. The van der Waals surface area contributed by atoms with Gasteiger partial charge in [0.2, 0.25) is 5.91 Å². The predicted molar refractivity (Wildman–Crippen MR) is 126 cm³/mol. The molecule has 0 radical (unpaired) electrons. The summed E-state index contributed by atoms with van der Waals surface area (Å²) in [5.41, 5.74) is 3.41. The summed E-state index contributed by atoms with van der Waals surface area (Å²) in [7, 11) is 3.21. The lowest BCUT2D eigenvalue weighted by Crippen LogP contribution is -2.50. The molecular weight excluding hydrogens is 434 g/mol. The molecule has 2 aromatic rings. The largest absolute Gasteiger partial charge is 0.493 e. The Morgan fingerprint density at radius 2 is 1.79 bits per heavy atom. The average molecular weight is 466 g/mol. The van der Waals surface area contributed by atoms with Gasteiger partial charge in [-0.15, -0.1) is 0 Å². The van der Waals surface area contributed by atoms with E-state index in [-0.39, 0.29) is 11.8 Å². The second-order valence-electron chi connectivity index (χ2n) is 8.91. The molecule has 2 aromatic carbocycles. The van der Waals surface area contributed by atoms with Gasteiger partial charge < -0.3 is 24.4 Å². The summed E-state index contributed by atoms with van der Waals surface area (Å²) in [5.74, 6) is 0.657. The van der Waals surface area contributed by atoms with Crippen LogP contribution in [0.1, 0.15) is 39.0 Å². The number of hydrogen-bond acceptors (Lipinski definition) is 6. The van der Waals surface area contributed by atoms with E-state index in [0.29, 0.717) is 36.6 Å². The van der Waals surface area contributed by atoms with Crippen LogP contribution in [0.4, 0.5) is 0 Å². The molecular formula is C26H31N3O5. The fourth-order valence-electron chi connectivity index (χ4n) is 5.41. The summed E-state index contributed by atoms with van der Waals surface area (Å²) in [6, 6.07) is 11.0. The van der Waals surface area contributed by atoms with Crippen LogP contribution in [-0.4, -0.2) is 81.8 Å². The van der Waals surface area contributed by atoms with Gasteiger partial charge in [-0.2, -0.15) is 0 Å². The molecule has 0 bridgehead atoms. The van der Waals surface area contributed by atoms with E-state index in [1.807, 2.05) is 41.3 Å². The van der Waals surface area contributed by atoms with Gasteiger partial charge in [0, 0.05) is 38.3 Å². The summed E-state index contributed by atoms with van der Waals surface area (Å²) in [6.07, 6.45) is 0.700. The lowest BCUT2D eigenvalue weighted by atomic mass is 9.75. The minimum atomic E-state index is -0.504. The highest BCUT2D eigenvalue weighted by Crippen LogP contribution is 2.48. The zero-order valence-corrected chi connectivity index (χ0v) is 19.7.